The second-order valence-electron chi connectivity index (χ2n) is 7.86. The van der Waals surface area contributed by atoms with Crippen LogP contribution < -0.4 is 5.32 Å². The molecule has 0 spiro atoms. The lowest BCUT2D eigenvalue weighted by molar-refractivity contribution is 0.102. The average Bonchev–Trinajstić information content (AvgIpc) is 3.09. The first-order valence-corrected chi connectivity index (χ1v) is 9.60. The van der Waals surface area contributed by atoms with Gasteiger partial charge in [0.05, 0.1) is 27.9 Å². The number of amides is 1. The molecule has 3 aromatic heterocycles. The molecular formula is C19H25N5OS. The molecule has 0 aliphatic heterocycles. The van der Waals surface area contributed by atoms with Gasteiger partial charge < -0.3 is 0 Å². The minimum Gasteiger partial charge on any atom is -0.298 e. The quantitative estimate of drug-likeness (QED) is 0.728. The Labute approximate surface area is 157 Å². The Morgan fingerprint density at radius 3 is 2.46 bits per heavy atom. The Kier molecular flexibility index (Phi) is 4.60. The van der Waals surface area contributed by atoms with Crippen molar-refractivity contribution in [2.45, 2.75) is 59.9 Å². The molecule has 3 aromatic rings. The molecule has 0 atom stereocenters. The van der Waals surface area contributed by atoms with Gasteiger partial charge in [0.2, 0.25) is 0 Å². The molecule has 138 valence electrons. The third-order valence-electron chi connectivity index (χ3n) is 4.14. The summed E-state index contributed by atoms with van der Waals surface area (Å²) in [6.45, 7) is 14.2. The molecule has 0 unspecified atom stereocenters. The maximum Gasteiger partial charge on any atom is 0.258 e. The van der Waals surface area contributed by atoms with Gasteiger partial charge in [-0.15, -0.1) is 11.3 Å². The molecule has 7 heteroatoms. The van der Waals surface area contributed by atoms with Crippen LogP contribution in [0.3, 0.4) is 0 Å². The lowest BCUT2D eigenvalue weighted by atomic mass is 10.0. The van der Waals surface area contributed by atoms with Gasteiger partial charge >= 0.3 is 0 Å². The van der Waals surface area contributed by atoms with Crippen molar-refractivity contribution in [2.75, 3.05) is 5.32 Å². The van der Waals surface area contributed by atoms with E-state index >= 15 is 0 Å². The number of pyridine rings is 1. The van der Waals surface area contributed by atoms with Gasteiger partial charge in [-0.3, -0.25) is 10.1 Å². The molecule has 0 aliphatic rings. The highest BCUT2D eigenvalue weighted by Gasteiger charge is 2.25. The SMILES string of the molecule is Cc1csc(NC(=O)c2cc(C(C)C)nc3c2c(C)nn3C(C)(C)C)n1. The van der Waals surface area contributed by atoms with Gasteiger partial charge in [0.15, 0.2) is 10.8 Å². The van der Waals surface area contributed by atoms with Gasteiger partial charge in [0, 0.05) is 11.1 Å². The normalized spacial score (nSPS) is 12.2. The zero-order chi connectivity index (χ0) is 19.2. The first-order chi connectivity index (χ1) is 12.1. The van der Waals surface area contributed by atoms with Crippen LogP contribution in [-0.4, -0.2) is 25.7 Å². The monoisotopic (exact) mass is 371 g/mol. The van der Waals surface area contributed by atoms with E-state index in [-0.39, 0.29) is 17.4 Å². The van der Waals surface area contributed by atoms with E-state index in [0.29, 0.717) is 10.7 Å². The van der Waals surface area contributed by atoms with Crippen LogP contribution in [0.15, 0.2) is 11.4 Å². The van der Waals surface area contributed by atoms with E-state index in [1.165, 1.54) is 11.3 Å². The average molecular weight is 372 g/mol. The molecular weight excluding hydrogens is 346 g/mol. The maximum atomic E-state index is 13.0. The summed E-state index contributed by atoms with van der Waals surface area (Å²) in [6.07, 6.45) is 0. The number of fused-ring (bicyclic) bond motifs is 1. The Hall–Kier alpha value is -2.28. The van der Waals surface area contributed by atoms with Crippen LogP contribution in [0, 0.1) is 13.8 Å². The molecule has 0 aromatic carbocycles. The Morgan fingerprint density at radius 2 is 1.92 bits per heavy atom. The maximum absolute atomic E-state index is 13.0. The molecule has 3 heterocycles. The fourth-order valence-corrected chi connectivity index (χ4v) is 3.51. The minimum absolute atomic E-state index is 0.176. The van der Waals surface area contributed by atoms with Crippen LogP contribution >= 0.6 is 11.3 Å². The smallest absolute Gasteiger partial charge is 0.258 e. The topological polar surface area (TPSA) is 72.7 Å². The zero-order valence-corrected chi connectivity index (χ0v) is 17.2. The second kappa shape index (κ2) is 6.46. The molecule has 0 fully saturated rings. The van der Waals surface area contributed by atoms with Crippen LogP contribution in [0.1, 0.15) is 68.0 Å². The minimum atomic E-state index is -0.227. The Balaban J connectivity index is 2.20. The number of rotatable bonds is 3. The summed E-state index contributed by atoms with van der Waals surface area (Å²) >= 11 is 1.42. The lowest BCUT2D eigenvalue weighted by Gasteiger charge is -2.20. The number of nitrogens with one attached hydrogen (secondary N) is 1. The molecule has 3 rings (SSSR count). The van der Waals surface area contributed by atoms with Crippen molar-refractivity contribution >= 4 is 33.4 Å². The number of anilines is 1. The Morgan fingerprint density at radius 1 is 1.23 bits per heavy atom. The molecule has 1 amide bonds. The summed E-state index contributed by atoms with van der Waals surface area (Å²) in [6, 6.07) is 1.88. The highest BCUT2D eigenvalue weighted by Crippen LogP contribution is 2.29. The fourth-order valence-electron chi connectivity index (χ4n) is 2.83. The van der Waals surface area contributed by atoms with Crippen molar-refractivity contribution in [1.29, 1.82) is 0 Å². The zero-order valence-electron chi connectivity index (χ0n) is 16.3. The largest absolute Gasteiger partial charge is 0.298 e. The van der Waals surface area contributed by atoms with E-state index in [4.69, 9.17) is 4.98 Å². The van der Waals surface area contributed by atoms with E-state index in [0.717, 1.165) is 28.1 Å². The molecule has 1 N–H and O–H groups in total. The van der Waals surface area contributed by atoms with Crippen LogP contribution in [0.25, 0.3) is 11.0 Å². The number of hydrogen-bond acceptors (Lipinski definition) is 5. The van der Waals surface area contributed by atoms with Crippen molar-refractivity contribution in [3.05, 3.63) is 34.1 Å². The summed E-state index contributed by atoms with van der Waals surface area (Å²) in [5, 5.41) is 10.9. The number of aryl methyl sites for hydroxylation is 2. The van der Waals surface area contributed by atoms with Crippen molar-refractivity contribution in [1.82, 2.24) is 19.7 Å². The molecule has 6 nitrogen and oxygen atoms in total. The predicted octanol–water partition coefficient (Wildman–Crippen LogP) is 4.64. The van der Waals surface area contributed by atoms with Gasteiger partial charge in [0.1, 0.15) is 0 Å². The molecule has 0 bridgehead atoms. The third-order valence-corrected chi connectivity index (χ3v) is 5.02. The van der Waals surface area contributed by atoms with Gasteiger partial charge in [-0.25, -0.2) is 14.6 Å². The van der Waals surface area contributed by atoms with Crippen molar-refractivity contribution in [3.63, 3.8) is 0 Å². The van der Waals surface area contributed by atoms with E-state index in [2.05, 4.69) is 50.0 Å². The standard InChI is InChI=1S/C19H25N5OS/c1-10(2)14-8-13(17(25)22-18-20-11(3)9-26-18)15-12(4)23-24(16(15)21-14)19(5,6)7/h8-10H,1-7H3,(H,20,22,25). The molecule has 0 saturated carbocycles. The number of hydrogen-bond donors (Lipinski definition) is 1. The molecule has 0 radical (unpaired) electrons. The number of nitrogens with zero attached hydrogens (tertiary/aromatic N) is 4. The number of carbonyl (C=O) groups is 1. The van der Waals surface area contributed by atoms with Crippen LogP contribution in [0.5, 0.6) is 0 Å². The molecule has 26 heavy (non-hydrogen) atoms. The molecule has 0 saturated heterocycles. The summed E-state index contributed by atoms with van der Waals surface area (Å²) < 4.78 is 1.91. The lowest BCUT2D eigenvalue weighted by Crippen LogP contribution is -2.24. The number of aromatic nitrogens is 4. The van der Waals surface area contributed by atoms with Gasteiger partial charge in [-0.1, -0.05) is 13.8 Å². The fraction of sp³-hybridized carbons (Fsp3) is 0.474. The summed E-state index contributed by atoms with van der Waals surface area (Å²) in [5.41, 5.74) is 3.70. The van der Waals surface area contributed by atoms with E-state index in [1.54, 1.807) is 0 Å². The second-order valence-corrected chi connectivity index (χ2v) is 8.72. The third kappa shape index (κ3) is 3.35. The summed E-state index contributed by atoms with van der Waals surface area (Å²) in [5.74, 6) is 0.0295. The number of thiazole rings is 1. The van der Waals surface area contributed by atoms with Crippen LogP contribution in [-0.2, 0) is 5.54 Å². The van der Waals surface area contributed by atoms with Gasteiger partial charge in [-0.2, -0.15) is 5.10 Å². The highest BCUT2D eigenvalue weighted by atomic mass is 32.1. The highest BCUT2D eigenvalue weighted by molar-refractivity contribution is 7.13. The van der Waals surface area contributed by atoms with Gasteiger partial charge in [0.25, 0.3) is 5.91 Å². The molecule has 0 aliphatic carbocycles. The first kappa shape index (κ1) is 18.5. The predicted molar refractivity (Wildman–Crippen MR) is 106 cm³/mol. The van der Waals surface area contributed by atoms with Crippen molar-refractivity contribution in [3.8, 4) is 0 Å². The Bertz CT molecular complexity index is 978. The summed E-state index contributed by atoms with van der Waals surface area (Å²) in [4.78, 5) is 22.2. The first-order valence-electron chi connectivity index (χ1n) is 8.72. The van der Waals surface area contributed by atoms with E-state index < -0.39 is 0 Å². The summed E-state index contributed by atoms with van der Waals surface area (Å²) in [7, 11) is 0. The van der Waals surface area contributed by atoms with E-state index in [9.17, 15) is 4.79 Å². The van der Waals surface area contributed by atoms with E-state index in [1.807, 2.05) is 30.0 Å². The van der Waals surface area contributed by atoms with Crippen molar-refractivity contribution < 1.29 is 4.79 Å². The van der Waals surface area contributed by atoms with Crippen LogP contribution in [0.2, 0.25) is 0 Å². The van der Waals surface area contributed by atoms with Crippen LogP contribution in [0.4, 0.5) is 5.13 Å². The van der Waals surface area contributed by atoms with Gasteiger partial charge in [-0.05, 0) is 46.6 Å². The van der Waals surface area contributed by atoms with Crippen molar-refractivity contribution in [2.24, 2.45) is 0 Å². The number of carbonyl (C=O) groups excluding carboxylic acids is 1.